The summed E-state index contributed by atoms with van der Waals surface area (Å²) in [5, 5.41) is 9.72. The molecule has 23 heavy (non-hydrogen) atoms. The highest BCUT2D eigenvalue weighted by atomic mass is 35.5. The minimum atomic E-state index is -0.567. The van der Waals surface area contributed by atoms with Crippen LogP contribution in [0, 0.1) is 5.82 Å². The Hall–Kier alpha value is -2.37. The van der Waals surface area contributed by atoms with Crippen LogP contribution in [0.25, 0.3) is 22.5 Å². The van der Waals surface area contributed by atoms with Crippen molar-refractivity contribution in [3.63, 3.8) is 0 Å². The molecule has 0 spiro atoms. The fourth-order valence-corrected chi connectivity index (χ4v) is 2.41. The number of phenols is 1. The number of phenolic OH excluding ortho intramolecular Hbond substituents is 1. The van der Waals surface area contributed by atoms with Crippen LogP contribution in [0.5, 0.6) is 5.75 Å². The predicted molar refractivity (Wildman–Crippen MR) is 89.0 cm³/mol. The SMILES string of the molecule is Nc1cnc(-c2ccc(O)c(Cl)c2)c(-c2ccc(Cl)c(F)c2)n1. The summed E-state index contributed by atoms with van der Waals surface area (Å²) in [6.45, 7) is 0. The molecule has 3 rings (SSSR count). The molecule has 0 aliphatic rings. The zero-order valence-electron chi connectivity index (χ0n) is 11.6. The summed E-state index contributed by atoms with van der Waals surface area (Å²) in [7, 11) is 0. The van der Waals surface area contributed by atoms with Crippen molar-refractivity contribution in [2.75, 3.05) is 5.73 Å². The number of hydrogen-bond donors (Lipinski definition) is 2. The van der Waals surface area contributed by atoms with Gasteiger partial charge in [0.15, 0.2) is 0 Å². The number of nitrogen functional groups attached to an aromatic ring is 1. The van der Waals surface area contributed by atoms with Gasteiger partial charge in [0.05, 0.1) is 27.6 Å². The summed E-state index contributed by atoms with van der Waals surface area (Å²) in [4.78, 5) is 8.51. The summed E-state index contributed by atoms with van der Waals surface area (Å²) in [5.41, 5.74) is 7.65. The van der Waals surface area contributed by atoms with E-state index >= 15 is 0 Å². The van der Waals surface area contributed by atoms with Crippen LogP contribution in [0.1, 0.15) is 0 Å². The zero-order chi connectivity index (χ0) is 16.6. The highest BCUT2D eigenvalue weighted by molar-refractivity contribution is 6.32. The fourth-order valence-electron chi connectivity index (χ4n) is 2.11. The van der Waals surface area contributed by atoms with E-state index in [9.17, 15) is 9.50 Å². The Balaban J connectivity index is 2.21. The molecule has 0 aliphatic heterocycles. The number of aromatic hydroxyl groups is 1. The quantitative estimate of drug-likeness (QED) is 0.712. The van der Waals surface area contributed by atoms with E-state index in [4.69, 9.17) is 28.9 Å². The molecular formula is C16H10Cl2FN3O. The molecule has 0 unspecified atom stereocenters. The van der Waals surface area contributed by atoms with Crippen LogP contribution < -0.4 is 5.73 Å². The van der Waals surface area contributed by atoms with Crippen LogP contribution in [-0.4, -0.2) is 15.1 Å². The number of benzene rings is 2. The number of nitrogens with two attached hydrogens (primary N) is 1. The van der Waals surface area contributed by atoms with E-state index in [0.29, 0.717) is 22.5 Å². The average Bonchev–Trinajstić information content (AvgIpc) is 2.53. The van der Waals surface area contributed by atoms with E-state index in [-0.39, 0.29) is 21.6 Å². The molecular weight excluding hydrogens is 340 g/mol. The van der Waals surface area contributed by atoms with Crippen LogP contribution in [0.2, 0.25) is 10.0 Å². The van der Waals surface area contributed by atoms with Crippen molar-refractivity contribution in [3.8, 4) is 28.3 Å². The Morgan fingerprint density at radius 2 is 1.65 bits per heavy atom. The van der Waals surface area contributed by atoms with Crippen molar-refractivity contribution in [1.82, 2.24) is 9.97 Å². The first-order chi connectivity index (χ1) is 11.0. The van der Waals surface area contributed by atoms with Crippen molar-refractivity contribution in [2.45, 2.75) is 0 Å². The molecule has 0 saturated heterocycles. The van der Waals surface area contributed by atoms with Crippen LogP contribution in [0.4, 0.5) is 10.2 Å². The third-order valence-electron chi connectivity index (χ3n) is 3.21. The summed E-state index contributed by atoms with van der Waals surface area (Å²) in [6.07, 6.45) is 1.39. The molecule has 0 aliphatic carbocycles. The maximum Gasteiger partial charge on any atom is 0.142 e. The van der Waals surface area contributed by atoms with Gasteiger partial charge in [-0.25, -0.2) is 9.37 Å². The van der Waals surface area contributed by atoms with E-state index in [1.54, 1.807) is 18.2 Å². The van der Waals surface area contributed by atoms with E-state index in [1.807, 2.05) is 0 Å². The van der Waals surface area contributed by atoms with Crippen LogP contribution in [0.15, 0.2) is 42.6 Å². The van der Waals surface area contributed by atoms with Crippen LogP contribution in [-0.2, 0) is 0 Å². The minimum Gasteiger partial charge on any atom is -0.506 e. The lowest BCUT2D eigenvalue weighted by Crippen LogP contribution is -1.98. The molecule has 2 aromatic carbocycles. The van der Waals surface area contributed by atoms with Gasteiger partial charge in [0, 0.05) is 11.1 Å². The first-order valence-corrected chi connectivity index (χ1v) is 7.28. The Labute approximate surface area is 141 Å². The Morgan fingerprint density at radius 3 is 2.35 bits per heavy atom. The number of aromatic nitrogens is 2. The van der Waals surface area contributed by atoms with Crippen molar-refractivity contribution >= 4 is 29.0 Å². The minimum absolute atomic E-state index is 0.0137. The lowest BCUT2D eigenvalue weighted by atomic mass is 10.0. The molecule has 1 heterocycles. The van der Waals surface area contributed by atoms with Gasteiger partial charge in [-0.3, -0.25) is 4.98 Å². The Morgan fingerprint density at radius 1 is 0.957 bits per heavy atom. The molecule has 4 nitrogen and oxygen atoms in total. The van der Waals surface area contributed by atoms with E-state index in [0.717, 1.165) is 0 Å². The third-order valence-corrected chi connectivity index (χ3v) is 3.81. The number of anilines is 1. The fraction of sp³-hybridized carbons (Fsp3) is 0. The highest BCUT2D eigenvalue weighted by Gasteiger charge is 2.14. The smallest absolute Gasteiger partial charge is 0.142 e. The molecule has 0 fully saturated rings. The molecule has 0 bridgehead atoms. The summed E-state index contributed by atoms with van der Waals surface area (Å²) in [6, 6.07) is 8.95. The lowest BCUT2D eigenvalue weighted by Gasteiger charge is -2.10. The maximum absolute atomic E-state index is 13.8. The number of rotatable bonds is 2. The van der Waals surface area contributed by atoms with Crippen molar-refractivity contribution in [1.29, 1.82) is 0 Å². The van der Waals surface area contributed by atoms with Gasteiger partial charge >= 0.3 is 0 Å². The third kappa shape index (κ3) is 3.06. The maximum atomic E-state index is 13.8. The van der Waals surface area contributed by atoms with E-state index in [1.165, 1.54) is 24.4 Å². The molecule has 7 heteroatoms. The highest BCUT2D eigenvalue weighted by Crippen LogP contribution is 2.34. The first kappa shape index (κ1) is 15.5. The Kier molecular flexibility index (Phi) is 4.07. The van der Waals surface area contributed by atoms with Gasteiger partial charge in [0.25, 0.3) is 0 Å². The van der Waals surface area contributed by atoms with Gasteiger partial charge in [-0.1, -0.05) is 29.3 Å². The number of halogens is 3. The second-order valence-corrected chi connectivity index (χ2v) is 5.60. The van der Waals surface area contributed by atoms with E-state index in [2.05, 4.69) is 9.97 Å². The summed E-state index contributed by atoms with van der Waals surface area (Å²) in [5.74, 6) is -0.412. The second kappa shape index (κ2) is 6.02. The van der Waals surface area contributed by atoms with Gasteiger partial charge in [0.2, 0.25) is 0 Å². The molecule has 0 atom stereocenters. The summed E-state index contributed by atoms with van der Waals surface area (Å²) < 4.78 is 13.8. The lowest BCUT2D eigenvalue weighted by molar-refractivity contribution is 0.475. The number of hydrogen-bond acceptors (Lipinski definition) is 4. The van der Waals surface area contributed by atoms with Gasteiger partial charge in [-0.15, -0.1) is 0 Å². The molecule has 3 N–H and O–H groups in total. The van der Waals surface area contributed by atoms with Crippen LogP contribution >= 0.6 is 23.2 Å². The molecule has 0 amide bonds. The average molecular weight is 350 g/mol. The van der Waals surface area contributed by atoms with Crippen LogP contribution in [0.3, 0.4) is 0 Å². The molecule has 0 saturated carbocycles. The zero-order valence-corrected chi connectivity index (χ0v) is 13.1. The van der Waals surface area contributed by atoms with Gasteiger partial charge in [-0.05, 0) is 30.3 Å². The summed E-state index contributed by atoms with van der Waals surface area (Å²) >= 11 is 11.7. The largest absolute Gasteiger partial charge is 0.506 e. The van der Waals surface area contributed by atoms with Gasteiger partial charge < -0.3 is 10.8 Å². The normalized spacial score (nSPS) is 10.7. The van der Waals surface area contributed by atoms with Crippen molar-refractivity contribution < 1.29 is 9.50 Å². The van der Waals surface area contributed by atoms with Gasteiger partial charge in [0.1, 0.15) is 17.4 Å². The molecule has 0 radical (unpaired) electrons. The van der Waals surface area contributed by atoms with E-state index < -0.39 is 5.82 Å². The topological polar surface area (TPSA) is 72.0 Å². The predicted octanol–water partition coefficient (Wildman–Crippen LogP) is 4.54. The second-order valence-electron chi connectivity index (χ2n) is 4.79. The first-order valence-electron chi connectivity index (χ1n) is 6.52. The molecule has 1 aromatic heterocycles. The van der Waals surface area contributed by atoms with Gasteiger partial charge in [-0.2, -0.15) is 0 Å². The van der Waals surface area contributed by atoms with Crippen molar-refractivity contribution in [2.24, 2.45) is 0 Å². The Bertz CT molecular complexity index is 902. The molecule has 116 valence electrons. The van der Waals surface area contributed by atoms with Crippen molar-refractivity contribution in [3.05, 3.63) is 58.5 Å². The number of nitrogens with zero attached hydrogens (tertiary/aromatic N) is 2. The standard InChI is InChI=1S/C16H10Cl2FN3O/c17-10-3-1-9(6-12(10)19)16-15(21-7-14(20)22-16)8-2-4-13(23)11(18)5-8/h1-7,23H,(H2,20,22). The monoisotopic (exact) mass is 349 g/mol. The molecule has 3 aromatic rings.